The summed E-state index contributed by atoms with van der Waals surface area (Å²) in [6.45, 7) is 8.60. The van der Waals surface area contributed by atoms with Gasteiger partial charge in [0.05, 0.1) is 5.69 Å². The fourth-order valence-corrected chi connectivity index (χ4v) is 4.56. The third-order valence-corrected chi connectivity index (χ3v) is 5.54. The van der Waals surface area contributed by atoms with Crippen LogP contribution in [-0.4, -0.2) is 16.0 Å². The number of ketones is 1. The summed E-state index contributed by atoms with van der Waals surface area (Å²) in [5.74, 6) is 0.355. The predicted molar refractivity (Wildman–Crippen MR) is 95.1 cm³/mol. The van der Waals surface area contributed by atoms with Crippen LogP contribution in [0, 0.1) is 19.3 Å². The molecule has 0 saturated heterocycles. The maximum atomic E-state index is 13.1. The molecule has 1 unspecified atom stereocenters. The Labute approximate surface area is 143 Å². The van der Waals surface area contributed by atoms with Gasteiger partial charge in [0.2, 0.25) is 0 Å². The van der Waals surface area contributed by atoms with Crippen LogP contribution < -0.4 is 0 Å². The number of hydrogen-bond donors (Lipinski definition) is 1. The molecule has 1 aromatic heterocycles. The molecule has 0 amide bonds. The first kappa shape index (κ1) is 15.4. The second-order valence-electron chi connectivity index (χ2n) is 8.13. The van der Waals surface area contributed by atoms with Gasteiger partial charge >= 0.3 is 0 Å². The number of aryl methyl sites for hydroxylation is 2. The molecular formula is C21H24N2O. The van der Waals surface area contributed by atoms with Gasteiger partial charge in [-0.25, -0.2) is 0 Å². The Bertz CT molecular complexity index is 870. The van der Waals surface area contributed by atoms with E-state index in [1.54, 1.807) is 0 Å². The number of carbonyl (C=O) groups excluding carboxylic acids is 1. The van der Waals surface area contributed by atoms with Crippen LogP contribution in [0.2, 0.25) is 0 Å². The van der Waals surface area contributed by atoms with Crippen molar-refractivity contribution in [2.75, 3.05) is 0 Å². The molecular weight excluding hydrogens is 296 g/mol. The molecule has 0 bridgehead atoms. The average Bonchev–Trinajstić information content (AvgIpc) is 2.86. The van der Waals surface area contributed by atoms with Crippen LogP contribution in [0.3, 0.4) is 0 Å². The summed E-state index contributed by atoms with van der Waals surface area (Å²) in [6.07, 6.45) is 2.44. The first-order chi connectivity index (χ1) is 11.4. The second-order valence-corrected chi connectivity index (χ2v) is 8.13. The number of rotatable bonds is 1. The molecule has 0 spiro atoms. The van der Waals surface area contributed by atoms with E-state index in [9.17, 15) is 4.79 Å². The Balaban J connectivity index is 1.97. The number of nitrogens with one attached hydrogen (secondary N) is 1. The molecule has 0 aliphatic heterocycles. The molecule has 2 aromatic rings. The van der Waals surface area contributed by atoms with Gasteiger partial charge in [0.25, 0.3) is 0 Å². The number of carbonyl (C=O) groups is 1. The fourth-order valence-electron chi connectivity index (χ4n) is 4.56. The Kier molecular flexibility index (Phi) is 3.31. The first-order valence-corrected chi connectivity index (χ1v) is 8.72. The van der Waals surface area contributed by atoms with E-state index < -0.39 is 0 Å². The van der Waals surface area contributed by atoms with E-state index in [0.29, 0.717) is 12.2 Å². The van der Waals surface area contributed by atoms with Crippen LogP contribution in [-0.2, 0) is 11.2 Å². The van der Waals surface area contributed by atoms with Gasteiger partial charge in [-0.15, -0.1) is 0 Å². The summed E-state index contributed by atoms with van der Waals surface area (Å²) in [6, 6.07) is 8.44. The van der Waals surface area contributed by atoms with Crippen molar-refractivity contribution in [2.45, 2.75) is 52.9 Å². The summed E-state index contributed by atoms with van der Waals surface area (Å²) < 4.78 is 0. The highest BCUT2D eigenvalue weighted by molar-refractivity contribution is 6.00. The largest absolute Gasteiger partial charge is 0.294 e. The van der Waals surface area contributed by atoms with E-state index in [4.69, 9.17) is 0 Å². The minimum absolute atomic E-state index is 0.0345. The van der Waals surface area contributed by atoms with Gasteiger partial charge < -0.3 is 0 Å². The Hall–Kier alpha value is -2.16. The van der Waals surface area contributed by atoms with E-state index >= 15 is 0 Å². The van der Waals surface area contributed by atoms with E-state index in [2.05, 4.69) is 62.2 Å². The van der Waals surface area contributed by atoms with Crippen LogP contribution in [0.15, 0.2) is 35.4 Å². The third-order valence-electron chi connectivity index (χ3n) is 5.54. The van der Waals surface area contributed by atoms with Crippen molar-refractivity contribution in [1.82, 2.24) is 10.2 Å². The highest BCUT2D eigenvalue weighted by atomic mass is 16.1. The molecule has 4 rings (SSSR count). The van der Waals surface area contributed by atoms with Gasteiger partial charge in [0.15, 0.2) is 5.78 Å². The Morgan fingerprint density at radius 3 is 2.67 bits per heavy atom. The molecule has 3 heteroatoms. The quantitative estimate of drug-likeness (QED) is 0.846. The minimum Gasteiger partial charge on any atom is -0.294 e. The summed E-state index contributed by atoms with van der Waals surface area (Å²) in [5.41, 5.74) is 8.28. The number of benzene rings is 1. The van der Waals surface area contributed by atoms with Gasteiger partial charge in [0.1, 0.15) is 0 Å². The van der Waals surface area contributed by atoms with Crippen molar-refractivity contribution < 1.29 is 4.79 Å². The molecule has 2 aliphatic carbocycles. The zero-order valence-corrected chi connectivity index (χ0v) is 14.9. The van der Waals surface area contributed by atoms with Crippen molar-refractivity contribution in [3.05, 3.63) is 63.5 Å². The summed E-state index contributed by atoms with van der Waals surface area (Å²) in [7, 11) is 0. The maximum absolute atomic E-state index is 13.1. The van der Waals surface area contributed by atoms with Crippen LogP contribution in [0.5, 0.6) is 0 Å². The molecule has 124 valence electrons. The lowest BCUT2D eigenvalue weighted by atomic mass is 9.64. The normalized spacial score (nSPS) is 22.3. The smallest absolute Gasteiger partial charge is 0.160 e. The highest BCUT2D eigenvalue weighted by Crippen LogP contribution is 2.49. The number of H-pyrrole nitrogens is 1. The summed E-state index contributed by atoms with van der Waals surface area (Å²) in [5, 5.41) is 7.71. The van der Waals surface area contributed by atoms with Crippen LogP contribution >= 0.6 is 0 Å². The van der Waals surface area contributed by atoms with Gasteiger partial charge in [-0.2, -0.15) is 5.10 Å². The lowest BCUT2D eigenvalue weighted by Gasteiger charge is -2.38. The number of hydrogen-bond acceptors (Lipinski definition) is 2. The van der Waals surface area contributed by atoms with Gasteiger partial charge in [-0.3, -0.25) is 9.89 Å². The molecule has 1 N–H and O–H groups in total. The van der Waals surface area contributed by atoms with Crippen LogP contribution in [0.4, 0.5) is 0 Å². The topological polar surface area (TPSA) is 45.8 Å². The lowest BCUT2D eigenvalue weighted by molar-refractivity contribution is -0.118. The molecule has 1 atom stereocenters. The number of aromatic amines is 1. The minimum atomic E-state index is 0.0345. The van der Waals surface area contributed by atoms with E-state index in [0.717, 1.165) is 29.8 Å². The van der Waals surface area contributed by atoms with Gasteiger partial charge in [-0.1, -0.05) is 43.7 Å². The predicted octanol–water partition coefficient (Wildman–Crippen LogP) is 4.40. The number of nitrogens with zero attached hydrogens (tertiary/aromatic N) is 1. The molecule has 2 aliphatic rings. The average molecular weight is 320 g/mol. The lowest BCUT2D eigenvalue weighted by Crippen LogP contribution is -2.32. The molecule has 24 heavy (non-hydrogen) atoms. The van der Waals surface area contributed by atoms with Crippen molar-refractivity contribution in [1.29, 1.82) is 0 Å². The SMILES string of the molecule is Cc1ccccc1C1C2=C(Cc3n[nH]c(C)c31)CC(C)(C)CC2=O. The molecule has 0 saturated carbocycles. The van der Waals surface area contributed by atoms with Crippen LogP contribution in [0.25, 0.3) is 0 Å². The third kappa shape index (κ3) is 2.26. The highest BCUT2D eigenvalue weighted by Gasteiger charge is 2.42. The molecule has 0 fully saturated rings. The Morgan fingerprint density at radius 2 is 1.92 bits per heavy atom. The number of allylic oxidation sites excluding steroid dienone is 2. The number of aromatic nitrogens is 2. The Morgan fingerprint density at radius 1 is 1.17 bits per heavy atom. The number of Topliss-reactive ketones (excluding diaryl/α,β-unsaturated/α-hetero) is 1. The van der Waals surface area contributed by atoms with Crippen molar-refractivity contribution in [3.63, 3.8) is 0 Å². The second kappa shape index (κ2) is 5.17. The zero-order chi connectivity index (χ0) is 17.1. The monoisotopic (exact) mass is 320 g/mol. The van der Waals surface area contributed by atoms with Crippen molar-refractivity contribution in [2.24, 2.45) is 5.41 Å². The van der Waals surface area contributed by atoms with E-state index in [1.807, 2.05) is 0 Å². The van der Waals surface area contributed by atoms with Gasteiger partial charge in [0, 0.05) is 35.6 Å². The first-order valence-electron chi connectivity index (χ1n) is 8.72. The van der Waals surface area contributed by atoms with E-state index in [1.165, 1.54) is 22.3 Å². The number of fused-ring (bicyclic) bond motifs is 1. The summed E-state index contributed by atoms with van der Waals surface area (Å²) in [4.78, 5) is 13.1. The summed E-state index contributed by atoms with van der Waals surface area (Å²) >= 11 is 0. The molecule has 1 aromatic carbocycles. The maximum Gasteiger partial charge on any atom is 0.160 e. The zero-order valence-electron chi connectivity index (χ0n) is 14.9. The van der Waals surface area contributed by atoms with Crippen molar-refractivity contribution >= 4 is 5.78 Å². The molecule has 0 radical (unpaired) electrons. The van der Waals surface area contributed by atoms with Crippen LogP contribution in [0.1, 0.15) is 60.7 Å². The molecule has 3 nitrogen and oxygen atoms in total. The standard InChI is InChI=1S/C21H24N2O/c1-12-7-5-6-8-15(12)20-18-13(2)22-23-16(18)9-14-10-21(3,4)11-17(24)19(14)20/h5-8,20H,9-11H2,1-4H3,(H,22,23). The van der Waals surface area contributed by atoms with Crippen molar-refractivity contribution in [3.8, 4) is 0 Å². The molecule has 1 heterocycles. The fraction of sp³-hybridized carbons (Fsp3) is 0.429. The van der Waals surface area contributed by atoms with E-state index in [-0.39, 0.29) is 11.3 Å². The van der Waals surface area contributed by atoms with Gasteiger partial charge in [-0.05, 0) is 36.8 Å².